The maximum atomic E-state index is 12.6. The van der Waals surface area contributed by atoms with Crippen molar-refractivity contribution in [3.05, 3.63) is 77.4 Å². The first-order chi connectivity index (χ1) is 14.4. The predicted octanol–water partition coefficient (Wildman–Crippen LogP) is 2.52. The molecule has 8 nitrogen and oxygen atoms in total. The Bertz CT molecular complexity index is 1080. The van der Waals surface area contributed by atoms with Gasteiger partial charge in [-0.15, -0.1) is 11.8 Å². The molecule has 0 spiro atoms. The van der Waals surface area contributed by atoms with Crippen LogP contribution in [0.2, 0.25) is 0 Å². The molecule has 1 aromatic heterocycles. The van der Waals surface area contributed by atoms with E-state index in [1.54, 1.807) is 19.1 Å². The van der Waals surface area contributed by atoms with Crippen molar-refractivity contribution >= 4 is 27.7 Å². The van der Waals surface area contributed by atoms with E-state index in [1.165, 1.54) is 11.8 Å². The minimum absolute atomic E-state index is 0.00477. The molecule has 0 aliphatic carbocycles. The van der Waals surface area contributed by atoms with Gasteiger partial charge in [0.25, 0.3) is 5.91 Å². The molecule has 10 heteroatoms. The lowest BCUT2D eigenvalue weighted by Crippen LogP contribution is -2.34. The summed E-state index contributed by atoms with van der Waals surface area (Å²) in [7, 11) is -3.51. The number of nitrogens with zero attached hydrogens (tertiary/aromatic N) is 2. The molecule has 0 atom stereocenters. The highest BCUT2D eigenvalue weighted by molar-refractivity contribution is 7.98. The lowest BCUT2D eigenvalue weighted by atomic mass is 10.2. The fraction of sp³-hybridized carbons (Fsp3) is 0.250. The first kappa shape index (κ1) is 22.0. The Labute approximate surface area is 179 Å². The summed E-state index contributed by atoms with van der Waals surface area (Å²) in [6.45, 7) is 1.96. The van der Waals surface area contributed by atoms with Crippen molar-refractivity contribution in [2.75, 3.05) is 12.3 Å². The molecule has 0 aliphatic rings. The number of nitrogens with one attached hydrogen (secondary N) is 2. The molecule has 1 amide bonds. The maximum Gasteiger partial charge on any atom is 0.252 e. The number of rotatable bonds is 10. The van der Waals surface area contributed by atoms with E-state index >= 15 is 0 Å². The Hall–Kier alpha value is -2.69. The molecule has 0 saturated heterocycles. The SMILES string of the molecule is Cc1noc(CSc2ccccc2C(=O)NCCS(=O)(=O)NCc2ccccc2)n1. The van der Waals surface area contributed by atoms with Gasteiger partial charge in [-0.2, -0.15) is 4.98 Å². The average Bonchev–Trinajstić information content (AvgIpc) is 3.17. The number of hydrogen-bond acceptors (Lipinski definition) is 7. The van der Waals surface area contributed by atoms with Gasteiger partial charge in [-0.1, -0.05) is 47.6 Å². The molecule has 0 saturated carbocycles. The molecule has 30 heavy (non-hydrogen) atoms. The maximum absolute atomic E-state index is 12.6. The van der Waals surface area contributed by atoms with E-state index in [2.05, 4.69) is 20.2 Å². The number of aryl methyl sites for hydroxylation is 1. The van der Waals surface area contributed by atoms with Crippen LogP contribution < -0.4 is 10.0 Å². The standard InChI is InChI=1S/C20H22N4O4S2/c1-15-23-19(28-24-15)14-29-18-10-6-5-9-17(18)20(25)21-11-12-30(26,27)22-13-16-7-3-2-4-8-16/h2-10,22H,11-14H2,1H3,(H,21,25). The zero-order chi connectivity index (χ0) is 21.4. The highest BCUT2D eigenvalue weighted by Crippen LogP contribution is 2.25. The van der Waals surface area contributed by atoms with E-state index in [0.717, 1.165) is 10.5 Å². The molecule has 0 unspecified atom stereocenters. The van der Waals surface area contributed by atoms with Crippen LogP contribution in [0.25, 0.3) is 0 Å². The number of amides is 1. The molecule has 1 heterocycles. The van der Waals surface area contributed by atoms with Crippen LogP contribution >= 0.6 is 11.8 Å². The van der Waals surface area contributed by atoms with E-state index in [9.17, 15) is 13.2 Å². The van der Waals surface area contributed by atoms with Crippen LogP contribution in [0.3, 0.4) is 0 Å². The van der Waals surface area contributed by atoms with Crippen LogP contribution in [0, 0.1) is 6.92 Å². The summed E-state index contributed by atoms with van der Waals surface area (Å²) in [6, 6.07) is 16.3. The number of sulfonamides is 1. The fourth-order valence-corrected chi connectivity index (χ4v) is 4.36. The summed E-state index contributed by atoms with van der Waals surface area (Å²) in [4.78, 5) is 17.4. The van der Waals surface area contributed by atoms with Crippen molar-refractivity contribution < 1.29 is 17.7 Å². The summed E-state index contributed by atoms with van der Waals surface area (Å²) in [5.74, 6) is 0.922. The van der Waals surface area contributed by atoms with Gasteiger partial charge < -0.3 is 9.84 Å². The molecular weight excluding hydrogens is 424 g/mol. The predicted molar refractivity (Wildman–Crippen MR) is 114 cm³/mol. The third kappa shape index (κ3) is 6.68. The van der Waals surface area contributed by atoms with E-state index in [4.69, 9.17) is 4.52 Å². The zero-order valence-corrected chi connectivity index (χ0v) is 18.0. The summed E-state index contributed by atoms with van der Waals surface area (Å²) >= 11 is 1.40. The molecule has 0 radical (unpaired) electrons. The lowest BCUT2D eigenvalue weighted by molar-refractivity contribution is 0.0953. The largest absolute Gasteiger partial charge is 0.351 e. The Kier molecular flexibility index (Phi) is 7.61. The first-order valence-corrected chi connectivity index (χ1v) is 11.9. The molecule has 0 aliphatic heterocycles. The van der Waals surface area contributed by atoms with E-state index in [0.29, 0.717) is 23.0 Å². The van der Waals surface area contributed by atoms with Crippen LogP contribution in [-0.4, -0.2) is 36.8 Å². The molecule has 158 valence electrons. The fourth-order valence-electron chi connectivity index (χ4n) is 2.57. The Morgan fingerprint density at radius 2 is 1.83 bits per heavy atom. The summed E-state index contributed by atoms with van der Waals surface area (Å²) in [5.41, 5.74) is 1.33. The molecule has 0 bridgehead atoms. The van der Waals surface area contributed by atoms with Crippen molar-refractivity contribution in [3.63, 3.8) is 0 Å². The Balaban J connectivity index is 1.50. The van der Waals surface area contributed by atoms with Crippen LogP contribution in [0.5, 0.6) is 0 Å². The third-order valence-corrected chi connectivity index (χ3v) is 6.43. The van der Waals surface area contributed by atoms with Gasteiger partial charge in [0.05, 0.1) is 17.1 Å². The number of carbonyl (C=O) groups excluding carboxylic acids is 1. The topological polar surface area (TPSA) is 114 Å². The van der Waals surface area contributed by atoms with Crippen LogP contribution in [-0.2, 0) is 22.3 Å². The van der Waals surface area contributed by atoms with Crippen molar-refractivity contribution in [1.82, 2.24) is 20.2 Å². The van der Waals surface area contributed by atoms with Gasteiger partial charge in [0.15, 0.2) is 5.82 Å². The zero-order valence-electron chi connectivity index (χ0n) is 16.4. The second-order valence-corrected chi connectivity index (χ2v) is 9.35. The second-order valence-electron chi connectivity index (χ2n) is 6.40. The van der Waals surface area contributed by atoms with Gasteiger partial charge in [-0.05, 0) is 24.6 Å². The van der Waals surface area contributed by atoms with Gasteiger partial charge in [-0.25, -0.2) is 13.1 Å². The summed E-state index contributed by atoms with van der Waals surface area (Å²) in [6.07, 6.45) is 0. The molecular formula is C20H22N4O4S2. The average molecular weight is 447 g/mol. The molecule has 0 fully saturated rings. The van der Waals surface area contributed by atoms with Gasteiger partial charge in [0.2, 0.25) is 15.9 Å². The van der Waals surface area contributed by atoms with Crippen molar-refractivity contribution in [3.8, 4) is 0 Å². The summed E-state index contributed by atoms with van der Waals surface area (Å²) < 4.78 is 31.9. The van der Waals surface area contributed by atoms with Gasteiger partial charge in [-0.3, -0.25) is 4.79 Å². The number of benzene rings is 2. The Morgan fingerprint density at radius 3 is 2.57 bits per heavy atom. The molecule has 2 N–H and O–H groups in total. The van der Waals surface area contributed by atoms with Crippen LogP contribution in [0.15, 0.2) is 64.0 Å². The van der Waals surface area contributed by atoms with Gasteiger partial charge in [0, 0.05) is 18.0 Å². The number of hydrogen-bond donors (Lipinski definition) is 2. The number of carbonyl (C=O) groups is 1. The van der Waals surface area contributed by atoms with Crippen molar-refractivity contribution in [1.29, 1.82) is 0 Å². The molecule has 3 aromatic rings. The minimum atomic E-state index is -3.51. The highest BCUT2D eigenvalue weighted by atomic mass is 32.2. The van der Waals surface area contributed by atoms with E-state index < -0.39 is 10.0 Å². The quantitative estimate of drug-likeness (QED) is 0.460. The lowest BCUT2D eigenvalue weighted by Gasteiger charge is -2.10. The van der Waals surface area contributed by atoms with E-state index in [-0.39, 0.29) is 24.7 Å². The van der Waals surface area contributed by atoms with Crippen molar-refractivity contribution in [2.24, 2.45) is 0 Å². The smallest absolute Gasteiger partial charge is 0.252 e. The van der Waals surface area contributed by atoms with E-state index in [1.807, 2.05) is 42.5 Å². The third-order valence-electron chi connectivity index (χ3n) is 4.05. The van der Waals surface area contributed by atoms with Crippen molar-refractivity contribution in [2.45, 2.75) is 24.1 Å². The Morgan fingerprint density at radius 1 is 1.10 bits per heavy atom. The number of thioether (sulfide) groups is 1. The second kappa shape index (κ2) is 10.4. The van der Waals surface area contributed by atoms with Gasteiger partial charge in [0.1, 0.15) is 0 Å². The highest BCUT2D eigenvalue weighted by Gasteiger charge is 2.15. The van der Waals surface area contributed by atoms with Crippen LogP contribution in [0.1, 0.15) is 27.6 Å². The number of aromatic nitrogens is 2. The van der Waals surface area contributed by atoms with Crippen LogP contribution in [0.4, 0.5) is 0 Å². The first-order valence-electron chi connectivity index (χ1n) is 9.23. The molecule has 2 aromatic carbocycles. The normalized spacial score (nSPS) is 11.4. The monoisotopic (exact) mass is 446 g/mol. The summed E-state index contributed by atoms with van der Waals surface area (Å²) in [5, 5.41) is 6.42. The molecule has 3 rings (SSSR count). The van der Waals surface area contributed by atoms with Gasteiger partial charge >= 0.3 is 0 Å². The minimum Gasteiger partial charge on any atom is -0.351 e.